The van der Waals surface area contributed by atoms with Crippen molar-refractivity contribution in [3.8, 4) is 0 Å². The molecule has 0 aliphatic heterocycles. The lowest BCUT2D eigenvalue weighted by molar-refractivity contribution is 0.0891. The Kier molecular flexibility index (Phi) is 3.87. The van der Waals surface area contributed by atoms with Gasteiger partial charge in [0.2, 0.25) is 0 Å². The molecule has 1 saturated carbocycles. The van der Waals surface area contributed by atoms with Crippen LogP contribution in [0.1, 0.15) is 32.1 Å². The fraction of sp³-hybridized carbons (Fsp3) is 1.00. The van der Waals surface area contributed by atoms with E-state index in [9.17, 15) is 0 Å². The van der Waals surface area contributed by atoms with Crippen molar-refractivity contribution in [2.75, 3.05) is 13.7 Å². The Morgan fingerprint density at radius 1 is 1.27 bits per heavy atom. The van der Waals surface area contributed by atoms with Gasteiger partial charge < -0.3 is 10.5 Å². The van der Waals surface area contributed by atoms with Crippen molar-refractivity contribution in [3.05, 3.63) is 0 Å². The minimum atomic E-state index is 0.506. The van der Waals surface area contributed by atoms with Crippen LogP contribution in [0.25, 0.3) is 0 Å². The Morgan fingerprint density at radius 3 is 2.73 bits per heavy atom. The zero-order valence-corrected chi connectivity index (χ0v) is 7.38. The summed E-state index contributed by atoms with van der Waals surface area (Å²) in [6.45, 7) is 0.858. The third-order valence-electron chi connectivity index (χ3n) is 2.70. The fourth-order valence-corrected chi connectivity index (χ4v) is 1.82. The predicted octanol–water partition coefficient (Wildman–Crippen LogP) is 1.54. The van der Waals surface area contributed by atoms with Crippen molar-refractivity contribution < 1.29 is 4.74 Å². The minimum Gasteiger partial charge on any atom is -0.381 e. The lowest BCUT2D eigenvalue weighted by Gasteiger charge is -2.11. The SMILES string of the molecule is COC1CCCC(CN)CC1. The second-order valence-corrected chi connectivity index (χ2v) is 3.47. The summed E-state index contributed by atoms with van der Waals surface area (Å²) in [6, 6.07) is 0. The van der Waals surface area contributed by atoms with E-state index in [4.69, 9.17) is 10.5 Å². The number of rotatable bonds is 2. The third-order valence-corrected chi connectivity index (χ3v) is 2.70. The van der Waals surface area contributed by atoms with Crippen LogP contribution in [-0.2, 0) is 4.74 Å². The minimum absolute atomic E-state index is 0.506. The van der Waals surface area contributed by atoms with Crippen LogP contribution in [0.15, 0.2) is 0 Å². The van der Waals surface area contributed by atoms with Crippen molar-refractivity contribution >= 4 is 0 Å². The van der Waals surface area contributed by atoms with E-state index in [0.717, 1.165) is 12.5 Å². The van der Waals surface area contributed by atoms with Gasteiger partial charge in [-0.3, -0.25) is 0 Å². The van der Waals surface area contributed by atoms with Gasteiger partial charge in [-0.05, 0) is 38.1 Å². The molecular weight excluding hydrogens is 138 g/mol. The molecule has 0 aromatic carbocycles. The van der Waals surface area contributed by atoms with Gasteiger partial charge in [0.05, 0.1) is 6.10 Å². The highest BCUT2D eigenvalue weighted by Crippen LogP contribution is 2.23. The number of ether oxygens (including phenoxy) is 1. The van der Waals surface area contributed by atoms with Crippen LogP contribution in [0.2, 0.25) is 0 Å². The van der Waals surface area contributed by atoms with Gasteiger partial charge in [-0.1, -0.05) is 6.42 Å². The number of nitrogens with two attached hydrogens (primary N) is 1. The fourth-order valence-electron chi connectivity index (χ4n) is 1.82. The summed E-state index contributed by atoms with van der Waals surface area (Å²) < 4.78 is 5.32. The van der Waals surface area contributed by atoms with Crippen LogP contribution in [0.4, 0.5) is 0 Å². The largest absolute Gasteiger partial charge is 0.381 e. The molecule has 0 aromatic heterocycles. The summed E-state index contributed by atoms with van der Waals surface area (Å²) in [5.41, 5.74) is 5.62. The molecule has 1 fully saturated rings. The van der Waals surface area contributed by atoms with Crippen LogP contribution < -0.4 is 5.73 Å². The first-order valence-corrected chi connectivity index (χ1v) is 4.59. The topological polar surface area (TPSA) is 35.2 Å². The molecule has 0 amide bonds. The maximum atomic E-state index is 5.62. The molecule has 0 saturated heterocycles. The Labute approximate surface area is 69.1 Å². The van der Waals surface area contributed by atoms with Gasteiger partial charge in [0, 0.05) is 7.11 Å². The van der Waals surface area contributed by atoms with Gasteiger partial charge in [0.1, 0.15) is 0 Å². The zero-order valence-electron chi connectivity index (χ0n) is 7.38. The summed E-state index contributed by atoms with van der Waals surface area (Å²) in [4.78, 5) is 0. The van der Waals surface area contributed by atoms with E-state index in [1.807, 2.05) is 7.11 Å². The van der Waals surface area contributed by atoms with Crippen molar-refractivity contribution in [3.63, 3.8) is 0 Å². The lowest BCUT2D eigenvalue weighted by Crippen LogP contribution is -2.14. The van der Waals surface area contributed by atoms with Crippen molar-refractivity contribution in [2.45, 2.75) is 38.2 Å². The summed E-state index contributed by atoms with van der Waals surface area (Å²) in [5.74, 6) is 0.759. The first kappa shape index (κ1) is 9.01. The molecular formula is C9H19NO. The molecule has 0 spiro atoms. The molecule has 1 rings (SSSR count). The second kappa shape index (κ2) is 4.73. The third kappa shape index (κ3) is 2.80. The average molecular weight is 157 g/mol. The highest BCUT2D eigenvalue weighted by Gasteiger charge is 2.16. The van der Waals surface area contributed by atoms with Crippen LogP contribution in [0.5, 0.6) is 0 Å². The maximum absolute atomic E-state index is 5.62. The van der Waals surface area contributed by atoms with Crippen LogP contribution >= 0.6 is 0 Å². The monoisotopic (exact) mass is 157 g/mol. The summed E-state index contributed by atoms with van der Waals surface area (Å²) in [7, 11) is 1.81. The average Bonchev–Trinajstić information content (AvgIpc) is 2.28. The van der Waals surface area contributed by atoms with Gasteiger partial charge in [-0.15, -0.1) is 0 Å². The molecule has 66 valence electrons. The molecule has 2 atom stereocenters. The lowest BCUT2D eigenvalue weighted by atomic mass is 10.0. The molecule has 0 bridgehead atoms. The molecule has 1 aliphatic rings. The van der Waals surface area contributed by atoms with Crippen LogP contribution in [-0.4, -0.2) is 19.8 Å². The van der Waals surface area contributed by atoms with Crippen molar-refractivity contribution in [2.24, 2.45) is 11.7 Å². The Balaban J connectivity index is 2.27. The molecule has 2 unspecified atom stereocenters. The normalized spacial score (nSPS) is 33.3. The van der Waals surface area contributed by atoms with E-state index in [2.05, 4.69) is 0 Å². The van der Waals surface area contributed by atoms with E-state index in [-0.39, 0.29) is 0 Å². The number of methoxy groups -OCH3 is 1. The Hall–Kier alpha value is -0.0800. The highest BCUT2D eigenvalue weighted by atomic mass is 16.5. The first-order chi connectivity index (χ1) is 5.36. The zero-order chi connectivity index (χ0) is 8.10. The maximum Gasteiger partial charge on any atom is 0.0571 e. The molecule has 2 heteroatoms. The Morgan fingerprint density at radius 2 is 2.09 bits per heavy atom. The second-order valence-electron chi connectivity index (χ2n) is 3.47. The van der Waals surface area contributed by atoms with Gasteiger partial charge in [-0.25, -0.2) is 0 Å². The van der Waals surface area contributed by atoms with Crippen LogP contribution in [0.3, 0.4) is 0 Å². The van der Waals surface area contributed by atoms with Gasteiger partial charge in [0.25, 0.3) is 0 Å². The molecule has 0 radical (unpaired) electrons. The quantitative estimate of drug-likeness (QED) is 0.617. The standard InChI is InChI=1S/C9H19NO/c1-11-9-4-2-3-8(7-10)5-6-9/h8-9H,2-7,10H2,1H3. The number of hydrogen-bond acceptors (Lipinski definition) is 2. The van der Waals surface area contributed by atoms with E-state index in [1.54, 1.807) is 0 Å². The van der Waals surface area contributed by atoms with E-state index >= 15 is 0 Å². The summed E-state index contributed by atoms with van der Waals surface area (Å²) >= 11 is 0. The van der Waals surface area contributed by atoms with E-state index < -0.39 is 0 Å². The number of hydrogen-bond donors (Lipinski definition) is 1. The van der Waals surface area contributed by atoms with Gasteiger partial charge in [0.15, 0.2) is 0 Å². The van der Waals surface area contributed by atoms with Gasteiger partial charge in [-0.2, -0.15) is 0 Å². The van der Waals surface area contributed by atoms with E-state index in [0.29, 0.717) is 6.10 Å². The summed E-state index contributed by atoms with van der Waals surface area (Å²) in [6.07, 6.45) is 6.79. The molecule has 11 heavy (non-hydrogen) atoms. The first-order valence-electron chi connectivity index (χ1n) is 4.59. The van der Waals surface area contributed by atoms with Gasteiger partial charge >= 0.3 is 0 Å². The highest BCUT2D eigenvalue weighted by molar-refractivity contribution is 4.70. The molecule has 1 aliphatic carbocycles. The molecule has 0 aromatic rings. The summed E-state index contributed by atoms with van der Waals surface area (Å²) in [5, 5.41) is 0. The molecule has 2 N–H and O–H groups in total. The van der Waals surface area contributed by atoms with Crippen LogP contribution in [0, 0.1) is 5.92 Å². The van der Waals surface area contributed by atoms with Crippen molar-refractivity contribution in [1.82, 2.24) is 0 Å². The Bertz CT molecular complexity index is 93.7. The predicted molar refractivity (Wildman–Crippen MR) is 46.4 cm³/mol. The smallest absolute Gasteiger partial charge is 0.0571 e. The van der Waals surface area contributed by atoms with E-state index in [1.165, 1.54) is 32.1 Å². The van der Waals surface area contributed by atoms with Crippen molar-refractivity contribution in [1.29, 1.82) is 0 Å². The molecule has 2 nitrogen and oxygen atoms in total. The molecule has 0 heterocycles.